The van der Waals surface area contributed by atoms with Crippen LogP contribution in [0.1, 0.15) is 64.8 Å². The summed E-state index contributed by atoms with van der Waals surface area (Å²) >= 11 is 1.57. The van der Waals surface area contributed by atoms with Crippen molar-refractivity contribution in [1.82, 2.24) is 9.88 Å². The summed E-state index contributed by atoms with van der Waals surface area (Å²) in [5.41, 5.74) is 6.20. The fraction of sp³-hybridized carbons (Fsp3) is 0.688. The van der Waals surface area contributed by atoms with Crippen LogP contribution < -0.4 is 5.73 Å². The monoisotopic (exact) mass is 321 g/mol. The number of amides is 2. The zero-order chi connectivity index (χ0) is 15.7. The number of nitrogens with zero attached hydrogens (tertiary/aromatic N) is 2. The van der Waals surface area contributed by atoms with E-state index in [2.05, 4.69) is 4.98 Å². The number of rotatable bonds is 3. The van der Waals surface area contributed by atoms with Gasteiger partial charge < -0.3 is 10.6 Å². The lowest BCUT2D eigenvalue weighted by Crippen LogP contribution is -2.41. The summed E-state index contributed by atoms with van der Waals surface area (Å²) in [6.07, 6.45) is 6.29. The first kappa shape index (κ1) is 15.5. The van der Waals surface area contributed by atoms with Crippen molar-refractivity contribution >= 4 is 23.2 Å². The lowest BCUT2D eigenvalue weighted by atomic mass is 9.96. The van der Waals surface area contributed by atoms with Gasteiger partial charge in [0.15, 0.2) is 0 Å². The third kappa shape index (κ3) is 3.02. The maximum absolute atomic E-state index is 12.7. The number of carbonyl (C=O) groups is 2. The Balaban J connectivity index is 1.69. The highest BCUT2D eigenvalue weighted by Gasteiger charge is 2.29. The number of nitrogens with two attached hydrogens (primary N) is 1. The Morgan fingerprint density at radius 3 is 2.41 bits per heavy atom. The van der Waals surface area contributed by atoms with Crippen LogP contribution in [-0.4, -0.2) is 34.8 Å². The fourth-order valence-corrected chi connectivity index (χ4v) is 4.68. The quantitative estimate of drug-likeness (QED) is 0.929. The summed E-state index contributed by atoms with van der Waals surface area (Å²) in [5, 5.41) is 1.13. The maximum Gasteiger partial charge on any atom is 0.265 e. The summed E-state index contributed by atoms with van der Waals surface area (Å²) in [7, 11) is 0. The molecule has 2 amide bonds. The minimum atomic E-state index is -0.246. The number of primary amides is 1. The van der Waals surface area contributed by atoms with E-state index in [0.717, 1.165) is 15.6 Å². The van der Waals surface area contributed by atoms with Crippen molar-refractivity contribution in [3.8, 4) is 0 Å². The molecule has 1 aromatic rings. The molecule has 22 heavy (non-hydrogen) atoms. The number of likely N-dealkylation sites (tertiary alicyclic amines) is 1. The highest BCUT2D eigenvalue weighted by atomic mass is 32.1. The van der Waals surface area contributed by atoms with E-state index >= 15 is 0 Å². The van der Waals surface area contributed by atoms with Crippen LogP contribution in [0.25, 0.3) is 0 Å². The molecule has 0 unspecified atom stereocenters. The number of aryl methyl sites for hydroxylation is 1. The molecule has 2 fully saturated rings. The molecule has 1 aromatic heterocycles. The normalized spacial score (nSPS) is 20.5. The second-order valence-electron chi connectivity index (χ2n) is 6.42. The number of carbonyl (C=O) groups excluding carboxylic acids is 2. The van der Waals surface area contributed by atoms with Crippen LogP contribution in [-0.2, 0) is 4.79 Å². The third-order valence-electron chi connectivity index (χ3n) is 4.90. The molecular formula is C16H23N3O2S. The van der Waals surface area contributed by atoms with Gasteiger partial charge in [-0.1, -0.05) is 12.8 Å². The van der Waals surface area contributed by atoms with Gasteiger partial charge in [-0.3, -0.25) is 9.59 Å². The molecule has 0 bridgehead atoms. The largest absolute Gasteiger partial charge is 0.369 e. The van der Waals surface area contributed by atoms with Gasteiger partial charge in [0.1, 0.15) is 4.88 Å². The Labute approximate surface area is 134 Å². The van der Waals surface area contributed by atoms with Gasteiger partial charge in [0, 0.05) is 24.9 Å². The molecule has 1 saturated heterocycles. The maximum atomic E-state index is 12.7. The van der Waals surface area contributed by atoms with E-state index in [1.807, 2.05) is 11.8 Å². The SMILES string of the molecule is Cc1nc(C2CCCC2)sc1C(=O)N1CCC(C(N)=O)CC1. The number of thiazole rings is 1. The zero-order valence-electron chi connectivity index (χ0n) is 13.0. The van der Waals surface area contributed by atoms with Gasteiger partial charge in [-0.2, -0.15) is 0 Å². The molecule has 0 spiro atoms. The molecule has 3 rings (SSSR count). The van der Waals surface area contributed by atoms with Crippen molar-refractivity contribution in [3.05, 3.63) is 15.6 Å². The van der Waals surface area contributed by atoms with Crippen LogP contribution in [0.2, 0.25) is 0 Å². The molecule has 2 heterocycles. The van der Waals surface area contributed by atoms with Crippen molar-refractivity contribution < 1.29 is 9.59 Å². The number of hydrogen-bond donors (Lipinski definition) is 1. The number of hydrogen-bond acceptors (Lipinski definition) is 4. The van der Waals surface area contributed by atoms with Crippen molar-refractivity contribution in [2.45, 2.75) is 51.4 Å². The second-order valence-corrected chi connectivity index (χ2v) is 7.45. The Morgan fingerprint density at radius 2 is 1.82 bits per heavy atom. The van der Waals surface area contributed by atoms with Gasteiger partial charge in [-0.25, -0.2) is 4.98 Å². The molecular weight excluding hydrogens is 298 g/mol. The third-order valence-corrected chi connectivity index (χ3v) is 6.20. The van der Waals surface area contributed by atoms with Crippen LogP contribution in [0.5, 0.6) is 0 Å². The van der Waals surface area contributed by atoms with Crippen LogP contribution in [0, 0.1) is 12.8 Å². The summed E-state index contributed by atoms with van der Waals surface area (Å²) < 4.78 is 0. The van der Waals surface area contributed by atoms with E-state index < -0.39 is 0 Å². The van der Waals surface area contributed by atoms with Crippen molar-refractivity contribution in [2.75, 3.05) is 13.1 Å². The average molecular weight is 321 g/mol. The first-order chi connectivity index (χ1) is 10.6. The molecule has 2 N–H and O–H groups in total. The minimum absolute atomic E-state index is 0.0715. The topological polar surface area (TPSA) is 76.3 Å². The predicted molar refractivity (Wildman–Crippen MR) is 85.9 cm³/mol. The van der Waals surface area contributed by atoms with Gasteiger partial charge in [0.25, 0.3) is 5.91 Å². The summed E-state index contributed by atoms with van der Waals surface area (Å²) in [4.78, 5) is 31.2. The van der Waals surface area contributed by atoms with Crippen molar-refractivity contribution in [2.24, 2.45) is 11.7 Å². The van der Waals surface area contributed by atoms with Gasteiger partial charge >= 0.3 is 0 Å². The Bertz CT molecular complexity index is 570. The Morgan fingerprint density at radius 1 is 1.18 bits per heavy atom. The average Bonchev–Trinajstić information content (AvgIpc) is 3.16. The molecule has 1 aliphatic carbocycles. The molecule has 6 heteroatoms. The molecule has 0 atom stereocenters. The van der Waals surface area contributed by atoms with E-state index in [0.29, 0.717) is 31.8 Å². The van der Waals surface area contributed by atoms with E-state index in [1.165, 1.54) is 25.7 Å². The van der Waals surface area contributed by atoms with Crippen molar-refractivity contribution in [1.29, 1.82) is 0 Å². The summed E-state index contributed by atoms with van der Waals surface area (Å²) in [6, 6.07) is 0. The van der Waals surface area contributed by atoms with Gasteiger partial charge in [0.05, 0.1) is 10.7 Å². The van der Waals surface area contributed by atoms with Crippen LogP contribution >= 0.6 is 11.3 Å². The molecule has 0 radical (unpaired) electrons. The first-order valence-electron chi connectivity index (χ1n) is 8.12. The predicted octanol–water partition coefficient (Wildman–Crippen LogP) is 2.45. The van der Waals surface area contributed by atoms with Crippen LogP contribution in [0.3, 0.4) is 0 Å². The number of aromatic nitrogens is 1. The lowest BCUT2D eigenvalue weighted by Gasteiger charge is -2.30. The van der Waals surface area contributed by atoms with E-state index in [4.69, 9.17) is 5.73 Å². The van der Waals surface area contributed by atoms with Crippen LogP contribution in [0.4, 0.5) is 0 Å². The van der Waals surface area contributed by atoms with Gasteiger partial charge in [-0.05, 0) is 32.6 Å². The molecule has 120 valence electrons. The zero-order valence-corrected chi connectivity index (χ0v) is 13.8. The van der Waals surface area contributed by atoms with Gasteiger partial charge in [-0.15, -0.1) is 11.3 Å². The molecule has 2 aliphatic rings. The highest BCUT2D eigenvalue weighted by molar-refractivity contribution is 7.13. The smallest absolute Gasteiger partial charge is 0.265 e. The molecule has 0 aromatic carbocycles. The summed E-state index contributed by atoms with van der Waals surface area (Å²) in [6.45, 7) is 3.16. The lowest BCUT2D eigenvalue weighted by molar-refractivity contribution is -0.123. The standard InChI is InChI=1S/C16H23N3O2S/c1-10-13(22-15(18-10)12-4-2-3-5-12)16(21)19-8-6-11(7-9-19)14(17)20/h11-12H,2-9H2,1H3,(H2,17,20). The Hall–Kier alpha value is -1.43. The molecule has 1 aliphatic heterocycles. The Kier molecular flexibility index (Phi) is 4.47. The minimum Gasteiger partial charge on any atom is -0.369 e. The van der Waals surface area contributed by atoms with E-state index in [1.54, 1.807) is 11.3 Å². The molecule has 1 saturated carbocycles. The molecule has 5 nitrogen and oxygen atoms in total. The van der Waals surface area contributed by atoms with Crippen molar-refractivity contribution in [3.63, 3.8) is 0 Å². The number of piperidine rings is 1. The van der Waals surface area contributed by atoms with E-state index in [-0.39, 0.29) is 17.7 Å². The first-order valence-corrected chi connectivity index (χ1v) is 8.94. The van der Waals surface area contributed by atoms with E-state index in [9.17, 15) is 9.59 Å². The second kappa shape index (κ2) is 6.36. The van der Waals surface area contributed by atoms with Gasteiger partial charge in [0.2, 0.25) is 5.91 Å². The fourth-order valence-electron chi connectivity index (χ4n) is 3.47. The van der Waals surface area contributed by atoms with Crippen LogP contribution in [0.15, 0.2) is 0 Å². The summed E-state index contributed by atoms with van der Waals surface area (Å²) in [5.74, 6) is 0.290. The highest BCUT2D eigenvalue weighted by Crippen LogP contribution is 2.37.